The second-order valence-corrected chi connectivity index (χ2v) is 5.64. The molecule has 0 radical (unpaired) electrons. The first-order valence-corrected chi connectivity index (χ1v) is 5.79. The van der Waals surface area contributed by atoms with Crippen molar-refractivity contribution in [3.05, 3.63) is 0 Å². The van der Waals surface area contributed by atoms with Gasteiger partial charge in [-0.15, -0.1) is 0 Å². The van der Waals surface area contributed by atoms with E-state index in [1.165, 1.54) is 17.8 Å². The summed E-state index contributed by atoms with van der Waals surface area (Å²) in [5.41, 5.74) is 0. The molecular formula is C12H20. The normalized spacial score (nSPS) is 55.8. The van der Waals surface area contributed by atoms with Crippen LogP contribution in [0.25, 0.3) is 0 Å². The monoisotopic (exact) mass is 164 g/mol. The van der Waals surface area contributed by atoms with E-state index in [2.05, 4.69) is 13.8 Å². The summed E-state index contributed by atoms with van der Waals surface area (Å²) in [6.45, 7) is 4.86. The van der Waals surface area contributed by atoms with E-state index in [9.17, 15) is 0 Å². The molecule has 3 rings (SSSR count). The smallest absolute Gasteiger partial charge is 0.0321 e. The van der Waals surface area contributed by atoms with Gasteiger partial charge in [-0.3, -0.25) is 0 Å². The molecule has 5 atom stereocenters. The first-order chi connectivity index (χ1) is 5.79. The predicted octanol–water partition coefficient (Wildman–Crippen LogP) is 3.32. The van der Waals surface area contributed by atoms with E-state index in [4.69, 9.17) is 0 Å². The second-order valence-electron chi connectivity index (χ2n) is 5.64. The molecular weight excluding hydrogens is 144 g/mol. The van der Waals surface area contributed by atoms with Crippen molar-refractivity contribution in [2.45, 2.75) is 39.5 Å². The molecule has 0 aromatic heterocycles. The van der Waals surface area contributed by atoms with Crippen LogP contribution in [0.4, 0.5) is 0 Å². The number of hydrogen-bond donors (Lipinski definition) is 0. The van der Waals surface area contributed by atoms with Gasteiger partial charge in [0, 0.05) is 0 Å². The summed E-state index contributed by atoms with van der Waals surface area (Å²) in [6.07, 6.45) is 6.29. The van der Waals surface area contributed by atoms with Crippen molar-refractivity contribution in [3.8, 4) is 0 Å². The third kappa shape index (κ3) is 0.791. The zero-order chi connectivity index (χ0) is 8.29. The van der Waals surface area contributed by atoms with Gasteiger partial charge in [0.2, 0.25) is 0 Å². The summed E-state index contributed by atoms with van der Waals surface area (Å²) in [5, 5.41) is 0. The number of rotatable bonds is 1. The number of fused-ring (bicyclic) bond motifs is 1. The van der Waals surface area contributed by atoms with Gasteiger partial charge in [-0.1, -0.05) is 20.3 Å². The molecule has 0 aromatic rings. The van der Waals surface area contributed by atoms with Gasteiger partial charge in [0.1, 0.15) is 0 Å². The van der Waals surface area contributed by atoms with Crippen molar-refractivity contribution in [3.63, 3.8) is 0 Å². The van der Waals surface area contributed by atoms with E-state index in [1.54, 1.807) is 25.7 Å². The van der Waals surface area contributed by atoms with Gasteiger partial charge in [-0.25, -0.2) is 0 Å². The van der Waals surface area contributed by atoms with Crippen molar-refractivity contribution >= 4 is 0 Å². The van der Waals surface area contributed by atoms with E-state index in [0.29, 0.717) is 0 Å². The third-order valence-electron chi connectivity index (χ3n) is 4.92. The molecule has 0 aliphatic heterocycles. The van der Waals surface area contributed by atoms with E-state index in [0.717, 1.165) is 17.8 Å². The van der Waals surface area contributed by atoms with Crippen LogP contribution in [0.5, 0.6) is 0 Å². The Morgan fingerprint density at radius 1 is 1.00 bits per heavy atom. The van der Waals surface area contributed by atoms with Crippen LogP contribution in [0.2, 0.25) is 0 Å². The first kappa shape index (κ1) is 7.41. The van der Waals surface area contributed by atoms with E-state index >= 15 is 0 Å². The Kier molecular flexibility index (Phi) is 1.40. The van der Waals surface area contributed by atoms with Crippen molar-refractivity contribution in [1.29, 1.82) is 0 Å². The zero-order valence-electron chi connectivity index (χ0n) is 8.29. The maximum Gasteiger partial charge on any atom is -0.0321 e. The van der Waals surface area contributed by atoms with Gasteiger partial charge in [0.25, 0.3) is 0 Å². The van der Waals surface area contributed by atoms with Crippen LogP contribution >= 0.6 is 0 Å². The van der Waals surface area contributed by atoms with Crippen LogP contribution in [-0.4, -0.2) is 0 Å². The van der Waals surface area contributed by atoms with E-state index < -0.39 is 0 Å². The van der Waals surface area contributed by atoms with Crippen LogP contribution in [0.1, 0.15) is 39.5 Å². The molecule has 3 aliphatic rings. The summed E-state index contributed by atoms with van der Waals surface area (Å²) in [7, 11) is 0. The van der Waals surface area contributed by atoms with Gasteiger partial charge >= 0.3 is 0 Å². The summed E-state index contributed by atoms with van der Waals surface area (Å²) in [6, 6.07) is 0. The van der Waals surface area contributed by atoms with Crippen molar-refractivity contribution in [2.24, 2.45) is 35.5 Å². The highest BCUT2D eigenvalue weighted by Gasteiger charge is 2.62. The molecule has 0 spiro atoms. The maximum atomic E-state index is 2.43. The van der Waals surface area contributed by atoms with Crippen LogP contribution in [0.3, 0.4) is 0 Å². The molecule has 0 nitrogen and oxygen atoms in total. The van der Waals surface area contributed by atoms with Crippen molar-refractivity contribution in [1.82, 2.24) is 0 Å². The minimum atomic E-state index is 0.960. The average molecular weight is 164 g/mol. The van der Waals surface area contributed by atoms with Gasteiger partial charge in [0.05, 0.1) is 0 Å². The molecule has 68 valence electrons. The van der Waals surface area contributed by atoms with Crippen LogP contribution in [0.15, 0.2) is 0 Å². The van der Waals surface area contributed by atoms with Crippen molar-refractivity contribution in [2.75, 3.05) is 0 Å². The lowest BCUT2D eigenvalue weighted by atomic mass is 9.75. The van der Waals surface area contributed by atoms with Gasteiger partial charge in [-0.2, -0.15) is 0 Å². The minimum Gasteiger partial charge on any atom is -0.0625 e. The standard InChI is InChI=1S/C12H20/c1-7(2)10-6-11-9-5-3-4-8(10)12(9)11/h7-12H,3-6H2,1-2H3. The molecule has 0 heterocycles. The summed E-state index contributed by atoms with van der Waals surface area (Å²) >= 11 is 0. The molecule has 12 heavy (non-hydrogen) atoms. The van der Waals surface area contributed by atoms with Crippen LogP contribution < -0.4 is 0 Å². The van der Waals surface area contributed by atoms with Crippen LogP contribution in [-0.2, 0) is 0 Å². The van der Waals surface area contributed by atoms with Crippen molar-refractivity contribution < 1.29 is 0 Å². The third-order valence-corrected chi connectivity index (χ3v) is 4.92. The Bertz CT molecular complexity index is 194. The van der Waals surface area contributed by atoms with Gasteiger partial charge in [-0.05, 0) is 54.8 Å². The highest BCUT2D eigenvalue weighted by molar-refractivity contribution is 5.10. The zero-order valence-corrected chi connectivity index (χ0v) is 8.29. The van der Waals surface area contributed by atoms with E-state index in [-0.39, 0.29) is 0 Å². The topological polar surface area (TPSA) is 0 Å². The Labute approximate surface area is 75.7 Å². The fraction of sp³-hybridized carbons (Fsp3) is 1.00. The highest BCUT2D eigenvalue weighted by atomic mass is 14.7. The summed E-state index contributed by atoms with van der Waals surface area (Å²) < 4.78 is 0. The molecule has 0 aromatic carbocycles. The van der Waals surface area contributed by atoms with E-state index in [1.807, 2.05) is 0 Å². The minimum absolute atomic E-state index is 0.960. The molecule has 3 fully saturated rings. The lowest BCUT2D eigenvalue weighted by Crippen LogP contribution is -2.22. The average Bonchev–Trinajstić information content (AvgIpc) is 2.55. The fourth-order valence-corrected chi connectivity index (χ4v) is 4.38. The molecule has 0 amide bonds. The largest absolute Gasteiger partial charge is 0.0625 e. The highest BCUT2D eigenvalue weighted by Crippen LogP contribution is 2.69. The Morgan fingerprint density at radius 2 is 1.75 bits per heavy atom. The first-order valence-electron chi connectivity index (χ1n) is 5.79. The van der Waals surface area contributed by atoms with Gasteiger partial charge < -0.3 is 0 Å². The molecule has 0 N–H and O–H groups in total. The van der Waals surface area contributed by atoms with Gasteiger partial charge in [0.15, 0.2) is 0 Å². The fourth-order valence-electron chi connectivity index (χ4n) is 4.38. The lowest BCUT2D eigenvalue weighted by molar-refractivity contribution is 0.191. The SMILES string of the molecule is CC(C)C1CC2C3CCCC1C32. The van der Waals surface area contributed by atoms with Crippen LogP contribution in [0, 0.1) is 35.5 Å². The molecule has 0 saturated heterocycles. The lowest BCUT2D eigenvalue weighted by Gasteiger charge is -2.30. The quantitative estimate of drug-likeness (QED) is 0.557. The second kappa shape index (κ2) is 2.27. The molecule has 0 heteroatoms. The molecule has 0 bridgehead atoms. The predicted molar refractivity (Wildman–Crippen MR) is 50.8 cm³/mol. The summed E-state index contributed by atoms with van der Waals surface area (Å²) in [5.74, 6) is 6.85. The Balaban J connectivity index is 1.79. The summed E-state index contributed by atoms with van der Waals surface area (Å²) in [4.78, 5) is 0. The Hall–Kier alpha value is 0. The molecule has 5 unspecified atom stereocenters. The Morgan fingerprint density at radius 3 is 2.50 bits per heavy atom. The number of hydrogen-bond acceptors (Lipinski definition) is 0. The molecule has 3 saturated carbocycles. The molecule has 3 aliphatic carbocycles. The maximum absolute atomic E-state index is 2.43.